The largest absolute Gasteiger partial charge is 0.497 e. The van der Waals surface area contributed by atoms with Crippen LogP contribution >= 0.6 is 11.3 Å². The molecule has 1 aliphatic rings. The van der Waals surface area contributed by atoms with Crippen molar-refractivity contribution in [1.29, 1.82) is 0 Å². The van der Waals surface area contributed by atoms with Crippen molar-refractivity contribution < 1.29 is 18.3 Å². The van der Waals surface area contributed by atoms with Crippen molar-refractivity contribution in [3.63, 3.8) is 0 Å². The zero-order chi connectivity index (χ0) is 16.6. The molecule has 3 rings (SSSR count). The predicted octanol–water partition coefficient (Wildman–Crippen LogP) is 4.15. The molecule has 1 aliphatic carbocycles. The third-order valence-corrected chi connectivity index (χ3v) is 4.82. The quantitative estimate of drug-likeness (QED) is 0.820. The number of nitrogens with zero attached hydrogens (tertiary/aromatic N) is 1. The van der Waals surface area contributed by atoms with Gasteiger partial charge in [-0.3, -0.25) is 4.79 Å². The van der Waals surface area contributed by atoms with Crippen LogP contribution in [-0.4, -0.2) is 24.0 Å². The Morgan fingerprint density at radius 1 is 1.30 bits per heavy atom. The maximum absolute atomic E-state index is 14.2. The molecule has 3 nitrogen and oxygen atoms in total. The first-order valence-electron chi connectivity index (χ1n) is 7.39. The summed E-state index contributed by atoms with van der Waals surface area (Å²) in [7, 11) is 1.32. The summed E-state index contributed by atoms with van der Waals surface area (Å²) in [6, 6.07) is 6.06. The van der Waals surface area contributed by atoms with Crippen LogP contribution in [0.4, 0.5) is 8.78 Å². The molecule has 1 saturated carbocycles. The average Bonchev–Trinajstić information content (AvgIpc) is 3.26. The summed E-state index contributed by atoms with van der Waals surface area (Å²) in [6.45, 7) is 2.37. The highest BCUT2D eigenvalue weighted by Gasteiger charge is 2.35. The summed E-state index contributed by atoms with van der Waals surface area (Å²) in [4.78, 5) is 16.4. The first-order chi connectivity index (χ1) is 11.0. The lowest BCUT2D eigenvalue weighted by atomic mass is 10.1. The van der Waals surface area contributed by atoms with E-state index in [1.807, 2.05) is 19.1 Å². The molecule has 0 atom stereocenters. The SMILES string of the molecule is COc1cc(F)c(C(=O)N(Cc2ccc(C)s2)C2CC2)c(F)c1. The average molecular weight is 337 g/mol. The number of hydrogen-bond donors (Lipinski definition) is 0. The summed E-state index contributed by atoms with van der Waals surface area (Å²) < 4.78 is 33.2. The summed E-state index contributed by atoms with van der Waals surface area (Å²) in [5, 5.41) is 0. The van der Waals surface area contributed by atoms with E-state index >= 15 is 0 Å². The Morgan fingerprint density at radius 2 is 1.96 bits per heavy atom. The minimum atomic E-state index is -0.889. The van der Waals surface area contributed by atoms with E-state index < -0.39 is 23.1 Å². The van der Waals surface area contributed by atoms with Gasteiger partial charge in [0.25, 0.3) is 5.91 Å². The van der Waals surface area contributed by atoms with E-state index in [1.54, 1.807) is 16.2 Å². The number of thiophene rings is 1. The van der Waals surface area contributed by atoms with Crippen LogP contribution in [0.5, 0.6) is 5.75 Å². The van der Waals surface area contributed by atoms with Gasteiger partial charge >= 0.3 is 0 Å². The van der Waals surface area contributed by atoms with Crippen molar-refractivity contribution in [2.45, 2.75) is 32.4 Å². The maximum Gasteiger partial charge on any atom is 0.260 e. The second-order valence-electron chi connectivity index (χ2n) is 5.64. The third-order valence-electron chi connectivity index (χ3n) is 3.84. The highest BCUT2D eigenvalue weighted by atomic mass is 32.1. The second-order valence-corrected chi connectivity index (χ2v) is 7.02. The van der Waals surface area contributed by atoms with Gasteiger partial charge in [-0.2, -0.15) is 0 Å². The molecular weight excluding hydrogens is 320 g/mol. The molecule has 1 amide bonds. The van der Waals surface area contributed by atoms with Crippen molar-refractivity contribution in [2.75, 3.05) is 7.11 Å². The monoisotopic (exact) mass is 337 g/mol. The fraction of sp³-hybridized carbons (Fsp3) is 0.353. The van der Waals surface area contributed by atoms with E-state index in [0.29, 0.717) is 6.54 Å². The molecule has 122 valence electrons. The lowest BCUT2D eigenvalue weighted by molar-refractivity contribution is 0.0721. The number of methoxy groups -OCH3 is 1. The number of carbonyl (C=O) groups is 1. The number of amides is 1. The lowest BCUT2D eigenvalue weighted by Crippen LogP contribution is -2.33. The Hall–Kier alpha value is -1.95. The molecule has 1 aromatic heterocycles. The molecule has 0 saturated heterocycles. The number of rotatable bonds is 5. The van der Waals surface area contributed by atoms with Crippen molar-refractivity contribution >= 4 is 17.2 Å². The second kappa shape index (κ2) is 6.28. The Bertz CT molecular complexity index is 717. The predicted molar refractivity (Wildman–Crippen MR) is 84.9 cm³/mol. The Labute approximate surface area is 137 Å². The molecular formula is C17H17F2NO2S. The van der Waals surface area contributed by atoms with Crippen molar-refractivity contribution in [1.82, 2.24) is 4.90 Å². The summed E-state index contributed by atoms with van der Waals surface area (Å²) >= 11 is 1.59. The number of carbonyl (C=O) groups excluding carboxylic acids is 1. The van der Waals surface area contributed by atoms with Crippen LogP contribution in [-0.2, 0) is 6.54 Å². The molecule has 1 fully saturated rings. The van der Waals surface area contributed by atoms with Gasteiger partial charge < -0.3 is 9.64 Å². The summed E-state index contributed by atoms with van der Waals surface area (Å²) in [5.74, 6) is -2.32. The number of ether oxygens (including phenoxy) is 1. The molecule has 0 radical (unpaired) electrons. The van der Waals surface area contributed by atoms with Crippen molar-refractivity contribution in [2.24, 2.45) is 0 Å². The van der Waals surface area contributed by atoms with Crippen molar-refractivity contribution in [3.8, 4) is 5.75 Å². The van der Waals surface area contributed by atoms with E-state index in [1.165, 1.54) is 7.11 Å². The Morgan fingerprint density at radius 3 is 2.43 bits per heavy atom. The van der Waals surface area contributed by atoms with Gasteiger partial charge in [-0.1, -0.05) is 0 Å². The van der Waals surface area contributed by atoms with E-state index in [0.717, 1.165) is 34.7 Å². The van der Waals surface area contributed by atoms with E-state index in [9.17, 15) is 13.6 Å². The fourth-order valence-electron chi connectivity index (χ4n) is 2.51. The van der Waals surface area contributed by atoms with Crippen LogP contribution in [0.15, 0.2) is 24.3 Å². The zero-order valence-electron chi connectivity index (χ0n) is 12.9. The smallest absolute Gasteiger partial charge is 0.260 e. The Balaban J connectivity index is 1.90. The zero-order valence-corrected chi connectivity index (χ0v) is 13.8. The number of benzene rings is 1. The van der Waals surface area contributed by atoms with Crippen LogP contribution < -0.4 is 4.74 Å². The maximum atomic E-state index is 14.2. The molecule has 23 heavy (non-hydrogen) atoms. The minimum absolute atomic E-state index is 0.0587. The van der Waals surface area contributed by atoms with E-state index in [4.69, 9.17) is 4.74 Å². The van der Waals surface area contributed by atoms with Crippen LogP contribution in [0.2, 0.25) is 0 Å². The Kier molecular flexibility index (Phi) is 4.35. The van der Waals surface area contributed by atoms with Gasteiger partial charge in [0.15, 0.2) is 0 Å². The molecule has 0 spiro atoms. The number of halogens is 2. The molecule has 0 bridgehead atoms. The van der Waals surface area contributed by atoms with Gasteiger partial charge in [0.2, 0.25) is 0 Å². The molecule has 1 heterocycles. The normalized spacial score (nSPS) is 13.9. The van der Waals surface area contributed by atoms with Crippen LogP contribution in [0.25, 0.3) is 0 Å². The van der Waals surface area contributed by atoms with E-state index in [-0.39, 0.29) is 11.8 Å². The standard InChI is InChI=1S/C17H17F2NO2S/c1-10-3-6-13(23-10)9-20(11-4-5-11)17(21)16-14(18)7-12(22-2)8-15(16)19/h3,6-8,11H,4-5,9H2,1-2H3. The first kappa shape index (κ1) is 15.9. The summed E-state index contributed by atoms with van der Waals surface area (Å²) in [5.41, 5.74) is -0.508. The van der Waals surface area contributed by atoms with Gasteiger partial charge in [0, 0.05) is 27.9 Å². The molecule has 0 N–H and O–H groups in total. The van der Waals surface area contributed by atoms with Gasteiger partial charge in [-0.25, -0.2) is 8.78 Å². The van der Waals surface area contributed by atoms with Crippen LogP contribution in [0.1, 0.15) is 33.0 Å². The van der Waals surface area contributed by atoms with E-state index in [2.05, 4.69) is 0 Å². The van der Waals surface area contributed by atoms with Crippen molar-refractivity contribution in [3.05, 3.63) is 51.2 Å². The molecule has 0 aliphatic heterocycles. The van der Waals surface area contributed by atoms with Gasteiger partial charge in [-0.15, -0.1) is 11.3 Å². The molecule has 0 unspecified atom stereocenters. The molecule has 6 heteroatoms. The highest BCUT2D eigenvalue weighted by molar-refractivity contribution is 7.11. The topological polar surface area (TPSA) is 29.5 Å². The first-order valence-corrected chi connectivity index (χ1v) is 8.20. The third kappa shape index (κ3) is 3.37. The van der Waals surface area contributed by atoms with Crippen LogP contribution in [0, 0.1) is 18.6 Å². The minimum Gasteiger partial charge on any atom is -0.497 e. The van der Waals surface area contributed by atoms with Crippen LogP contribution in [0.3, 0.4) is 0 Å². The highest BCUT2D eigenvalue weighted by Crippen LogP contribution is 2.32. The molecule has 1 aromatic carbocycles. The van der Waals surface area contributed by atoms with Gasteiger partial charge in [-0.05, 0) is 31.9 Å². The van der Waals surface area contributed by atoms with Gasteiger partial charge in [0.1, 0.15) is 22.9 Å². The molecule has 2 aromatic rings. The number of aryl methyl sites for hydroxylation is 1. The number of hydrogen-bond acceptors (Lipinski definition) is 3. The summed E-state index contributed by atoms with van der Waals surface area (Å²) in [6.07, 6.45) is 1.74. The fourth-order valence-corrected chi connectivity index (χ4v) is 3.40. The lowest BCUT2D eigenvalue weighted by Gasteiger charge is -2.22. The van der Waals surface area contributed by atoms with Gasteiger partial charge in [0.05, 0.1) is 13.7 Å².